The summed E-state index contributed by atoms with van der Waals surface area (Å²) in [6, 6.07) is 1.49. The van der Waals surface area contributed by atoms with Gasteiger partial charge in [0.2, 0.25) is 0 Å². The number of nitrogens with zero attached hydrogens (tertiary/aromatic N) is 2. The Kier molecular flexibility index (Phi) is 4.05. The molecule has 0 spiro atoms. The Bertz CT molecular complexity index is 341. The Hall–Kier alpha value is -1.62. The van der Waals surface area contributed by atoms with E-state index in [4.69, 9.17) is 4.74 Å². The number of hydrogen-bond donors (Lipinski definition) is 1. The van der Waals surface area contributed by atoms with Crippen molar-refractivity contribution in [2.45, 2.75) is 0 Å². The molecule has 82 valence electrons. The van der Waals surface area contributed by atoms with E-state index >= 15 is 0 Å². The van der Waals surface area contributed by atoms with Crippen molar-refractivity contribution in [2.24, 2.45) is 0 Å². The number of hydrogen-bond acceptors (Lipinski definition) is 4. The summed E-state index contributed by atoms with van der Waals surface area (Å²) >= 11 is 0. The number of amides is 1. The van der Waals surface area contributed by atoms with Gasteiger partial charge in [0.25, 0.3) is 5.91 Å². The minimum atomic E-state index is -0.244. The second kappa shape index (κ2) is 5.31. The zero-order chi connectivity index (χ0) is 11.3. The largest absolute Gasteiger partial charge is 0.505 e. The van der Waals surface area contributed by atoms with Crippen LogP contribution in [-0.2, 0) is 4.74 Å². The summed E-state index contributed by atoms with van der Waals surface area (Å²) < 4.78 is 4.86. The number of aromatic nitrogens is 1. The first-order valence-corrected chi connectivity index (χ1v) is 4.54. The zero-order valence-electron chi connectivity index (χ0n) is 8.80. The molecule has 5 heteroatoms. The number of pyridine rings is 1. The lowest BCUT2D eigenvalue weighted by Gasteiger charge is -2.16. The van der Waals surface area contributed by atoms with E-state index in [1.165, 1.54) is 23.4 Å². The normalized spacial score (nSPS) is 10.0. The molecule has 0 bridgehead atoms. The predicted octanol–water partition coefficient (Wildman–Crippen LogP) is 0.506. The average molecular weight is 210 g/mol. The molecular formula is C10H14N2O3. The quantitative estimate of drug-likeness (QED) is 0.786. The van der Waals surface area contributed by atoms with Crippen molar-refractivity contribution in [3.63, 3.8) is 0 Å². The number of aromatic hydroxyl groups is 1. The first kappa shape index (κ1) is 11.5. The molecule has 0 aliphatic rings. The van der Waals surface area contributed by atoms with Gasteiger partial charge >= 0.3 is 0 Å². The minimum absolute atomic E-state index is 0.105. The lowest BCUT2D eigenvalue weighted by Crippen LogP contribution is -2.29. The summed E-state index contributed by atoms with van der Waals surface area (Å²) in [5.41, 5.74) is 0.253. The average Bonchev–Trinajstić information content (AvgIpc) is 2.25. The first-order chi connectivity index (χ1) is 7.16. The van der Waals surface area contributed by atoms with Crippen molar-refractivity contribution >= 4 is 5.91 Å². The van der Waals surface area contributed by atoms with E-state index in [0.717, 1.165) is 0 Å². The minimum Gasteiger partial charge on any atom is -0.505 e. The van der Waals surface area contributed by atoms with E-state index in [-0.39, 0.29) is 17.2 Å². The second-order valence-corrected chi connectivity index (χ2v) is 3.11. The van der Waals surface area contributed by atoms with Crippen molar-refractivity contribution in [2.75, 3.05) is 27.3 Å². The summed E-state index contributed by atoms with van der Waals surface area (Å²) in [7, 11) is 3.23. The monoisotopic (exact) mass is 210 g/mol. The lowest BCUT2D eigenvalue weighted by molar-refractivity contribution is 0.0741. The number of rotatable bonds is 4. The van der Waals surface area contributed by atoms with Crippen molar-refractivity contribution in [1.29, 1.82) is 0 Å². The third-order valence-corrected chi connectivity index (χ3v) is 2.01. The van der Waals surface area contributed by atoms with Gasteiger partial charge < -0.3 is 14.7 Å². The van der Waals surface area contributed by atoms with Crippen LogP contribution in [0.3, 0.4) is 0 Å². The van der Waals surface area contributed by atoms with Crippen LogP contribution in [-0.4, -0.2) is 48.2 Å². The van der Waals surface area contributed by atoms with Gasteiger partial charge in [-0.3, -0.25) is 9.78 Å². The SMILES string of the molecule is COCCN(C)C(=O)c1ccncc1O. The number of carbonyl (C=O) groups is 1. The molecule has 1 aromatic heterocycles. The van der Waals surface area contributed by atoms with Gasteiger partial charge in [-0.15, -0.1) is 0 Å². The molecule has 1 amide bonds. The second-order valence-electron chi connectivity index (χ2n) is 3.11. The topological polar surface area (TPSA) is 62.7 Å². The molecule has 0 aliphatic heterocycles. The van der Waals surface area contributed by atoms with Crippen LogP contribution in [0.5, 0.6) is 5.75 Å². The van der Waals surface area contributed by atoms with E-state index in [2.05, 4.69) is 4.98 Å². The fraction of sp³-hybridized carbons (Fsp3) is 0.400. The Balaban J connectivity index is 2.72. The highest BCUT2D eigenvalue weighted by molar-refractivity contribution is 5.96. The Labute approximate surface area is 88.3 Å². The van der Waals surface area contributed by atoms with E-state index in [1.54, 1.807) is 14.2 Å². The molecule has 0 aromatic carbocycles. The number of methoxy groups -OCH3 is 1. The van der Waals surface area contributed by atoms with Crippen LogP contribution in [0.1, 0.15) is 10.4 Å². The fourth-order valence-electron chi connectivity index (χ4n) is 1.10. The molecule has 0 atom stereocenters. The fourth-order valence-corrected chi connectivity index (χ4v) is 1.10. The Morgan fingerprint density at radius 3 is 3.00 bits per heavy atom. The standard InChI is InChI=1S/C10H14N2O3/c1-12(5-6-15-2)10(14)8-3-4-11-7-9(8)13/h3-4,7,13H,5-6H2,1-2H3. The third-order valence-electron chi connectivity index (χ3n) is 2.01. The van der Waals surface area contributed by atoms with Crippen LogP contribution < -0.4 is 0 Å². The van der Waals surface area contributed by atoms with Gasteiger partial charge in [-0.1, -0.05) is 0 Å². The van der Waals surface area contributed by atoms with Gasteiger partial charge in [0, 0.05) is 26.9 Å². The maximum absolute atomic E-state index is 11.8. The summed E-state index contributed by atoms with van der Waals surface area (Å²) in [6.07, 6.45) is 2.72. The molecular weight excluding hydrogens is 196 g/mol. The number of carbonyl (C=O) groups excluding carboxylic acids is 1. The van der Waals surface area contributed by atoms with Gasteiger partial charge in [-0.2, -0.15) is 0 Å². The zero-order valence-corrected chi connectivity index (χ0v) is 8.80. The maximum atomic E-state index is 11.8. The van der Waals surface area contributed by atoms with Crippen LogP contribution in [0.4, 0.5) is 0 Å². The van der Waals surface area contributed by atoms with Crippen LogP contribution in [0.25, 0.3) is 0 Å². The van der Waals surface area contributed by atoms with Crippen molar-refractivity contribution in [3.05, 3.63) is 24.0 Å². The van der Waals surface area contributed by atoms with Gasteiger partial charge in [-0.25, -0.2) is 0 Å². The van der Waals surface area contributed by atoms with Gasteiger partial charge in [0.15, 0.2) is 0 Å². The molecule has 1 rings (SSSR count). The molecule has 0 aliphatic carbocycles. The van der Waals surface area contributed by atoms with Crippen LogP contribution in [0.15, 0.2) is 18.5 Å². The summed E-state index contributed by atoms with van der Waals surface area (Å²) in [5.74, 6) is -0.348. The molecule has 1 heterocycles. The molecule has 1 N–H and O–H groups in total. The highest BCUT2D eigenvalue weighted by Gasteiger charge is 2.14. The Morgan fingerprint density at radius 1 is 1.67 bits per heavy atom. The Morgan fingerprint density at radius 2 is 2.40 bits per heavy atom. The molecule has 0 fully saturated rings. The van der Waals surface area contributed by atoms with Gasteiger partial charge in [-0.05, 0) is 6.07 Å². The van der Waals surface area contributed by atoms with Gasteiger partial charge in [0.05, 0.1) is 18.4 Å². The van der Waals surface area contributed by atoms with Gasteiger partial charge in [0.1, 0.15) is 5.75 Å². The predicted molar refractivity (Wildman–Crippen MR) is 54.7 cm³/mol. The van der Waals surface area contributed by atoms with Crippen LogP contribution in [0.2, 0.25) is 0 Å². The first-order valence-electron chi connectivity index (χ1n) is 4.54. The van der Waals surface area contributed by atoms with E-state index in [0.29, 0.717) is 13.2 Å². The van der Waals surface area contributed by atoms with E-state index < -0.39 is 0 Å². The molecule has 1 aromatic rings. The van der Waals surface area contributed by atoms with Crippen LogP contribution in [0, 0.1) is 0 Å². The number of likely N-dealkylation sites (N-methyl/N-ethyl adjacent to an activating group) is 1. The third kappa shape index (κ3) is 2.92. The summed E-state index contributed by atoms with van der Waals surface area (Å²) in [4.78, 5) is 16.9. The highest BCUT2D eigenvalue weighted by atomic mass is 16.5. The summed E-state index contributed by atoms with van der Waals surface area (Å²) in [5, 5.41) is 9.41. The van der Waals surface area contributed by atoms with E-state index in [1.807, 2.05) is 0 Å². The van der Waals surface area contributed by atoms with Crippen molar-refractivity contribution < 1.29 is 14.6 Å². The van der Waals surface area contributed by atoms with Crippen molar-refractivity contribution in [3.8, 4) is 5.75 Å². The molecule has 0 radical (unpaired) electrons. The molecule has 5 nitrogen and oxygen atoms in total. The molecule has 0 saturated carbocycles. The maximum Gasteiger partial charge on any atom is 0.257 e. The van der Waals surface area contributed by atoms with Crippen molar-refractivity contribution in [1.82, 2.24) is 9.88 Å². The smallest absolute Gasteiger partial charge is 0.257 e. The molecule has 0 unspecified atom stereocenters. The molecule has 15 heavy (non-hydrogen) atoms. The highest BCUT2D eigenvalue weighted by Crippen LogP contribution is 2.15. The van der Waals surface area contributed by atoms with E-state index in [9.17, 15) is 9.90 Å². The van der Waals surface area contributed by atoms with Crippen LogP contribution >= 0.6 is 0 Å². The molecule has 0 saturated heterocycles. The summed E-state index contributed by atoms with van der Waals surface area (Å²) in [6.45, 7) is 0.950. The lowest BCUT2D eigenvalue weighted by atomic mass is 10.2. The number of ether oxygens (including phenoxy) is 1.